The standard InChI is InChI=1S/C19H27NO2/c1-2-15(19(21)22)11-14-9-10-20(13-14)18-8-7-16-5-3-4-6-17(16)12-18/h7-8,12,14-15H,2-6,9-11,13H2,1H3,(H,21,22). The molecule has 0 saturated carbocycles. The highest BCUT2D eigenvalue weighted by Gasteiger charge is 2.28. The number of anilines is 1. The summed E-state index contributed by atoms with van der Waals surface area (Å²) in [7, 11) is 0. The monoisotopic (exact) mass is 301 g/mol. The molecule has 1 aromatic carbocycles. The smallest absolute Gasteiger partial charge is 0.306 e. The second-order valence-electron chi connectivity index (χ2n) is 6.94. The van der Waals surface area contributed by atoms with E-state index in [0.29, 0.717) is 5.92 Å². The van der Waals surface area contributed by atoms with Crippen LogP contribution in [0.25, 0.3) is 0 Å². The normalized spacial score (nSPS) is 22.4. The van der Waals surface area contributed by atoms with Crippen LogP contribution in [0.4, 0.5) is 5.69 Å². The molecule has 1 N–H and O–H groups in total. The van der Waals surface area contributed by atoms with Crippen molar-refractivity contribution in [2.75, 3.05) is 18.0 Å². The van der Waals surface area contributed by atoms with Crippen LogP contribution in [0.1, 0.15) is 50.2 Å². The number of carboxylic acid groups (broad SMARTS) is 1. The summed E-state index contributed by atoms with van der Waals surface area (Å²) in [6.45, 7) is 4.07. The molecule has 2 aliphatic rings. The maximum Gasteiger partial charge on any atom is 0.306 e. The van der Waals surface area contributed by atoms with Crippen LogP contribution in [0.15, 0.2) is 18.2 Å². The second-order valence-corrected chi connectivity index (χ2v) is 6.94. The van der Waals surface area contributed by atoms with Gasteiger partial charge in [0.25, 0.3) is 0 Å². The van der Waals surface area contributed by atoms with Crippen LogP contribution in [0.2, 0.25) is 0 Å². The van der Waals surface area contributed by atoms with Crippen LogP contribution in [0.5, 0.6) is 0 Å². The minimum absolute atomic E-state index is 0.173. The first-order valence-electron chi connectivity index (χ1n) is 8.77. The van der Waals surface area contributed by atoms with Crippen LogP contribution < -0.4 is 4.90 Å². The van der Waals surface area contributed by atoms with E-state index >= 15 is 0 Å². The summed E-state index contributed by atoms with van der Waals surface area (Å²) < 4.78 is 0. The number of rotatable bonds is 5. The molecule has 1 saturated heterocycles. The van der Waals surface area contributed by atoms with Crippen molar-refractivity contribution in [2.24, 2.45) is 11.8 Å². The molecule has 1 heterocycles. The van der Waals surface area contributed by atoms with E-state index in [0.717, 1.165) is 32.4 Å². The molecular formula is C19H27NO2. The molecule has 0 aromatic heterocycles. The largest absolute Gasteiger partial charge is 0.481 e. The zero-order chi connectivity index (χ0) is 15.5. The number of aliphatic carboxylic acids is 1. The Hall–Kier alpha value is -1.51. The van der Waals surface area contributed by atoms with Crippen LogP contribution in [0.3, 0.4) is 0 Å². The van der Waals surface area contributed by atoms with Gasteiger partial charge in [0.1, 0.15) is 0 Å². The third-order valence-electron chi connectivity index (χ3n) is 5.44. The SMILES string of the molecule is CCC(CC1CCN(c2ccc3c(c2)CCCC3)C1)C(=O)O. The Balaban J connectivity index is 1.64. The van der Waals surface area contributed by atoms with E-state index in [1.54, 1.807) is 0 Å². The van der Waals surface area contributed by atoms with Crippen molar-refractivity contribution in [1.82, 2.24) is 0 Å². The number of hydrogen-bond donors (Lipinski definition) is 1. The van der Waals surface area contributed by atoms with Crippen molar-refractivity contribution >= 4 is 11.7 Å². The van der Waals surface area contributed by atoms with E-state index in [2.05, 4.69) is 23.1 Å². The van der Waals surface area contributed by atoms with Crippen molar-refractivity contribution in [2.45, 2.75) is 51.9 Å². The third-order valence-corrected chi connectivity index (χ3v) is 5.44. The summed E-state index contributed by atoms with van der Waals surface area (Å²) in [6.07, 6.45) is 7.78. The minimum Gasteiger partial charge on any atom is -0.481 e. The fourth-order valence-corrected chi connectivity index (χ4v) is 4.02. The van der Waals surface area contributed by atoms with Crippen LogP contribution in [-0.2, 0) is 17.6 Å². The van der Waals surface area contributed by atoms with E-state index < -0.39 is 5.97 Å². The average Bonchev–Trinajstić information content (AvgIpc) is 3.00. The second kappa shape index (κ2) is 6.72. The highest BCUT2D eigenvalue weighted by atomic mass is 16.4. The van der Waals surface area contributed by atoms with Gasteiger partial charge in [-0.1, -0.05) is 13.0 Å². The molecule has 3 rings (SSSR count). The Bertz CT molecular complexity index is 540. The third kappa shape index (κ3) is 3.29. The van der Waals surface area contributed by atoms with Gasteiger partial charge in [0.2, 0.25) is 0 Å². The van der Waals surface area contributed by atoms with Gasteiger partial charge < -0.3 is 10.0 Å². The van der Waals surface area contributed by atoms with E-state index in [1.807, 2.05) is 6.92 Å². The van der Waals surface area contributed by atoms with Crippen LogP contribution in [0, 0.1) is 11.8 Å². The van der Waals surface area contributed by atoms with Crippen molar-refractivity contribution in [3.63, 3.8) is 0 Å². The lowest BCUT2D eigenvalue weighted by Crippen LogP contribution is -2.22. The van der Waals surface area contributed by atoms with Crippen LogP contribution >= 0.6 is 0 Å². The van der Waals surface area contributed by atoms with Crippen molar-refractivity contribution in [1.29, 1.82) is 0 Å². The molecule has 0 radical (unpaired) electrons. The zero-order valence-electron chi connectivity index (χ0n) is 13.6. The number of fused-ring (bicyclic) bond motifs is 1. The summed E-state index contributed by atoms with van der Waals surface area (Å²) in [6, 6.07) is 6.95. The number of carboxylic acids is 1. The quantitative estimate of drug-likeness (QED) is 0.897. The summed E-state index contributed by atoms with van der Waals surface area (Å²) in [5, 5.41) is 9.24. The highest BCUT2D eigenvalue weighted by molar-refractivity contribution is 5.69. The number of carbonyl (C=O) groups is 1. The van der Waals surface area contributed by atoms with Gasteiger partial charge in [-0.15, -0.1) is 0 Å². The lowest BCUT2D eigenvalue weighted by Gasteiger charge is -2.23. The predicted molar refractivity (Wildman–Crippen MR) is 89.4 cm³/mol. The fourth-order valence-electron chi connectivity index (χ4n) is 4.02. The molecule has 2 atom stereocenters. The topological polar surface area (TPSA) is 40.5 Å². The summed E-state index contributed by atoms with van der Waals surface area (Å²) in [5.74, 6) is -0.278. The molecule has 0 bridgehead atoms. The highest BCUT2D eigenvalue weighted by Crippen LogP contribution is 2.31. The maximum atomic E-state index is 11.2. The Morgan fingerprint density at radius 2 is 2.09 bits per heavy atom. The number of nitrogens with zero attached hydrogens (tertiary/aromatic N) is 1. The van der Waals surface area contributed by atoms with E-state index in [1.165, 1.54) is 42.5 Å². The summed E-state index contributed by atoms with van der Waals surface area (Å²) >= 11 is 0. The molecule has 120 valence electrons. The maximum absolute atomic E-state index is 11.2. The lowest BCUT2D eigenvalue weighted by molar-refractivity contribution is -0.142. The van der Waals surface area contributed by atoms with E-state index in [-0.39, 0.29) is 5.92 Å². The van der Waals surface area contributed by atoms with Gasteiger partial charge in [-0.2, -0.15) is 0 Å². The first-order valence-corrected chi connectivity index (χ1v) is 8.77. The molecule has 1 aromatic rings. The number of hydrogen-bond acceptors (Lipinski definition) is 2. The fraction of sp³-hybridized carbons (Fsp3) is 0.632. The van der Waals surface area contributed by atoms with Gasteiger partial charge in [0, 0.05) is 18.8 Å². The Kier molecular flexibility index (Phi) is 4.70. The van der Waals surface area contributed by atoms with Crippen LogP contribution in [-0.4, -0.2) is 24.2 Å². The van der Waals surface area contributed by atoms with Gasteiger partial charge in [-0.3, -0.25) is 4.79 Å². The molecule has 1 aliphatic carbocycles. The number of benzene rings is 1. The van der Waals surface area contributed by atoms with Gasteiger partial charge in [-0.05, 0) is 74.1 Å². The van der Waals surface area contributed by atoms with E-state index in [9.17, 15) is 9.90 Å². The molecule has 3 nitrogen and oxygen atoms in total. The zero-order valence-corrected chi connectivity index (χ0v) is 13.6. The van der Waals surface area contributed by atoms with Crippen molar-refractivity contribution in [3.05, 3.63) is 29.3 Å². The molecular weight excluding hydrogens is 274 g/mol. The van der Waals surface area contributed by atoms with Crippen molar-refractivity contribution in [3.8, 4) is 0 Å². The predicted octanol–water partition coefficient (Wildman–Crippen LogP) is 3.89. The summed E-state index contributed by atoms with van der Waals surface area (Å²) in [5.41, 5.74) is 4.40. The van der Waals surface area contributed by atoms with Gasteiger partial charge in [-0.25, -0.2) is 0 Å². The minimum atomic E-state index is -0.630. The Morgan fingerprint density at radius 3 is 2.82 bits per heavy atom. The molecule has 22 heavy (non-hydrogen) atoms. The molecule has 0 spiro atoms. The first kappa shape index (κ1) is 15.4. The van der Waals surface area contributed by atoms with Gasteiger partial charge in [0.15, 0.2) is 0 Å². The molecule has 1 aliphatic heterocycles. The summed E-state index contributed by atoms with van der Waals surface area (Å²) in [4.78, 5) is 13.7. The molecule has 1 fully saturated rings. The Labute approximate surface area is 133 Å². The first-order chi connectivity index (χ1) is 10.7. The molecule has 3 heteroatoms. The lowest BCUT2D eigenvalue weighted by atomic mass is 9.91. The van der Waals surface area contributed by atoms with Gasteiger partial charge >= 0.3 is 5.97 Å². The molecule has 0 amide bonds. The van der Waals surface area contributed by atoms with Crippen molar-refractivity contribution < 1.29 is 9.90 Å². The Morgan fingerprint density at radius 1 is 1.32 bits per heavy atom. The molecule has 2 unspecified atom stereocenters. The number of aryl methyl sites for hydroxylation is 2. The average molecular weight is 301 g/mol. The van der Waals surface area contributed by atoms with Gasteiger partial charge in [0.05, 0.1) is 5.92 Å². The van der Waals surface area contributed by atoms with E-state index in [4.69, 9.17) is 0 Å².